The Hall–Kier alpha value is -3.32. The lowest BCUT2D eigenvalue weighted by atomic mass is 10.0. The van der Waals surface area contributed by atoms with Crippen molar-refractivity contribution in [2.75, 3.05) is 23.7 Å². The molecular formula is C22H28F2N6O2. The number of hydrogen-bond acceptors (Lipinski definition) is 7. The molecule has 0 aliphatic carbocycles. The summed E-state index contributed by atoms with van der Waals surface area (Å²) in [6.45, 7) is 6.97. The fraction of sp³-hybridized carbons (Fsp3) is 0.455. The monoisotopic (exact) mass is 446 g/mol. The molecule has 4 N–H and O–H groups in total. The molecule has 32 heavy (non-hydrogen) atoms. The minimum Gasteiger partial charge on any atom is -0.387 e. The van der Waals surface area contributed by atoms with Crippen molar-refractivity contribution in [3.63, 3.8) is 0 Å². The van der Waals surface area contributed by atoms with E-state index in [2.05, 4.69) is 39.8 Å². The molecule has 0 saturated carbocycles. The van der Waals surface area contributed by atoms with Gasteiger partial charge in [-0.15, -0.1) is 0 Å². The molecule has 0 aliphatic rings. The summed E-state index contributed by atoms with van der Waals surface area (Å²) in [7, 11) is 0. The standard InChI is InChI=1S/C22H28F2N6O2/c1-13(2)5-6-26-17-8-19(30-20-16(23)7-14(9-25)10-28-20)27-11-15(17)21(31)29-12-18(24)22(3,4)32/h7-8,10-11,13,18,32H,5-6,12H2,1-4H3,(H,29,31)(H2,26,27,28,30). The first-order valence-corrected chi connectivity index (χ1v) is 10.2. The Morgan fingerprint density at radius 2 is 2.00 bits per heavy atom. The Balaban J connectivity index is 2.24. The number of carbonyl (C=O) groups is 1. The highest BCUT2D eigenvalue weighted by Crippen LogP contribution is 2.23. The van der Waals surface area contributed by atoms with Gasteiger partial charge in [0.2, 0.25) is 0 Å². The molecule has 10 heteroatoms. The second-order valence-electron chi connectivity index (χ2n) is 8.35. The van der Waals surface area contributed by atoms with Crippen molar-refractivity contribution < 1.29 is 18.7 Å². The summed E-state index contributed by atoms with van der Waals surface area (Å²) in [5.74, 6) is -0.750. The van der Waals surface area contributed by atoms with E-state index in [1.54, 1.807) is 6.07 Å². The molecule has 1 atom stereocenters. The van der Waals surface area contributed by atoms with Crippen molar-refractivity contribution in [3.05, 3.63) is 41.5 Å². The van der Waals surface area contributed by atoms with Crippen molar-refractivity contribution in [1.29, 1.82) is 5.26 Å². The number of hydrogen-bond donors (Lipinski definition) is 4. The third-order valence-corrected chi connectivity index (χ3v) is 4.61. The molecule has 0 spiro atoms. The normalized spacial score (nSPS) is 12.2. The van der Waals surface area contributed by atoms with Crippen molar-refractivity contribution in [2.24, 2.45) is 5.92 Å². The van der Waals surface area contributed by atoms with Crippen LogP contribution in [-0.4, -0.2) is 45.8 Å². The SMILES string of the molecule is CC(C)CCNc1cc(Nc2ncc(C#N)cc2F)ncc1C(=O)NCC(F)C(C)(C)O. The van der Waals surface area contributed by atoms with E-state index in [1.165, 1.54) is 32.3 Å². The molecule has 2 aromatic rings. The van der Waals surface area contributed by atoms with Crippen molar-refractivity contribution in [1.82, 2.24) is 15.3 Å². The number of anilines is 3. The Bertz CT molecular complexity index is 985. The number of pyridine rings is 2. The van der Waals surface area contributed by atoms with E-state index in [0.717, 1.165) is 12.5 Å². The average molecular weight is 447 g/mol. The highest BCUT2D eigenvalue weighted by Gasteiger charge is 2.27. The van der Waals surface area contributed by atoms with Gasteiger partial charge < -0.3 is 21.1 Å². The smallest absolute Gasteiger partial charge is 0.255 e. The lowest BCUT2D eigenvalue weighted by Gasteiger charge is -2.22. The molecule has 2 heterocycles. The van der Waals surface area contributed by atoms with Crippen LogP contribution in [0.3, 0.4) is 0 Å². The molecule has 2 aromatic heterocycles. The number of aromatic nitrogens is 2. The lowest BCUT2D eigenvalue weighted by molar-refractivity contribution is -0.00177. The van der Waals surface area contributed by atoms with Crippen LogP contribution in [0.5, 0.6) is 0 Å². The molecule has 0 aliphatic heterocycles. The van der Waals surface area contributed by atoms with E-state index in [4.69, 9.17) is 5.26 Å². The van der Waals surface area contributed by atoms with Crippen molar-refractivity contribution in [2.45, 2.75) is 45.9 Å². The van der Waals surface area contributed by atoms with E-state index < -0.39 is 23.5 Å². The van der Waals surface area contributed by atoms with E-state index in [-0.39, 0.29) is 29.3 Å². The molecule has 0 aromatic carbocycles. The van der Waals surface area contributed by atoms with Gasteiger partial charge in [-0.2, -0.15) is 5.26 Å². The van der Waals surface area contributed by atoms with Gasteiger partial charge in [-0.3, -0.25) is 4.79 Å². The number of halogens is 2. The molecule has 8 nitrogen and oxygen atoms in total. The zero-order chi connectivity index (χ0) is 23.9. The van der Waals surface area contributed by atoms with Crippen LogP contribution in [0.1, 0.15) is 50.0 Å². The molecule has 0 saturated heterocycles. The van der Waals surface area contributed by atoms with Gasteiger partial charge in [0, 0.05) is 25.0 Å². The summed E-state index contributed by atoms with van der Waals surface area (Å²) in [5.41, 5.74) is -0.902. The summed E-state index contributed by atoms with van der Waals surface area (Å²) < 4.78 is 28.2. The van der Waals surface area contributed by atoms with Crippen LogP contribution in [0.2, 0.25) is 0 Å². The average Bonchev–Trinajstić information content (AvgIpc) is 2.72. The van der Waals surface area contributed by atoms with E-state index in [0.29, 0.717) is 18.2 Å². The zero-order valence-corrected chi connectivity index (χ0v) is 18.5. The van der Waals surface area contributed by atoms with Crippen LogP contribution >= 0.6 is 0 Å². The summed E-state index contributed by atoms with van der Waals surface area (Å²) >= 11 is 0. The summed E-state index contributed by atoms with van der Waals surface area (Å²) in [6.07, 6.45) is 1.70. The van der Waals surface area contributed by atoms with Crippen LogP contribution < -0.4 is 16.0 Å². The predicted molar refractivity (Wildman–Crippen MR) is 118 cm³/mol. The van der Waals surface area contributed by atoms with Gasteiger partial charge in [-0.05, 0) is 32.3 Å². The van der Waals surface area contributed by atoms with E-state index >= 15 is 0 Å². The van der Waals surface area contributed by atoms with Gasteiger partial charge in [0.1, 0.15) is 18.1 Å². The van der Waals surface area contributed by atoms with E-state index in [1.807, 2.05) is 0 Å². The number of nitriles is 1. The molecule has 0 fully saturated rings. The Kier molecular flexibility index (Phi) is 8.43. The van der Waals surface area contributed by atoms with Crippen LogP contribution in [0.4, 0.5) is 26.1 Å². The number of nitrogens with one attached hydrogen (secondary N) is 3. The number of amides is 1. The Morgan fingerprint density at radius 3 is 2.59 bits per heavy atom. The largest absolute Gasteiger partial charge is 0.387 e. The van der Waals surface area contributed by atoms with Gasteiger partial charge in [-0.1, -0.05) is 13.8 Å². The quantitative estimate of drug-likeness (QED) is 0.440. The van der Waals surface area contributed by atoms with Gasteiger partial charge in [0.05, 0.1) is 29.0 Å². The second kappa shape index (κ2) is 10.8. The molecule has 1 unspecified atom stereocenters. The van der Waals surface area contributed by atoms with Crippen molar-refractivity contribution in [3.8, 4) is 6.07 Å². The van der Waals surface area contributed by atoms with Crippen LogP contribution in [-0.2, 0) is 0 Å². The van der Waals surface area contributed by atoms with Crippen LogP contribution in [0, 0.1) is 23.1 Å². The molecule has 0 radical (unpaired) electrons. The highest BCUT2D eigenvalue weighted by molar-refractivity contribution is 5.99. The maximum absolute atomic E-state index is 14.2. The molecule has 0 bridgehead atoms. The molecule has 2 rings (SSSR count). The zero-order valence-electron chi connectivity index (χ0n) is 18.5. The third-order valence-electron chi connectivity index (χ3n) is 4.61. The highest BCUT2D eigenvalue weighted by atomic mass is 19.1. The minimum atomic E-state index is -1.65. The summed E-state index contributed by atoms with van der Waals surface area (Å²) in [6, 6.07) is 4.38. The maximum atomic E-state index is 14.2. The second-order valence-corrected chi connectivity index (χ2v) is 8.35. The van der Waals surface area contributed by atoms with Gasteiger partial charge >= 0.3 is 0 Å². The first kappa shape index (κ1) is 24.9. The summed E-state index contributed by atoms with van der Waals surface area (Å²) in [5, 5.41) is 26.9. The van der Waals surface area contributed by atoms with Gasteiger partial charge in [-0.25, -0.2) is 18.7 Å². The number of nitrogens with zero attached hydrogens (tertiary/aromatic N) is 3. The van der Waals surface area contributed by atoms with Crippen molar-refractivity contribution >= 4 is 23.2 Å². The predicted octanol–water partition coefficient (Wildman–Crippen LogP) is 3.53. The topological polar surface area (TPSA) is 123 Å². The third kappa shape index (κ3) is 7.13. The number of carbonyl (C=O) groups excluding carboxylic acids is 1. The van der Waals surface area contributed by atoms with E-state index in [9.17, 15) is 18.7 Å². The number of alkyl halides is 1. The van der Waals surface area contributed by atoms with Gasteiger partial charge in [0.15, 0.2) is 11.6 Å². The fourth-order valence-electron chi connectivity index (χ4n) is 2.59. The molecule has 172 valence electrons. The summed E-state index contributed by atoms with van der Waals surface area (Å²) in [4.78, 5) is 20.6. The Labute approximate surface area is 186 Å². The minimum absolute atomic E-state index is 0.0845. The van der Waals surface area contributed by atoms with Gasteiger partial charge in [0.25, 0.3) is 5.91 Å². The number of rotatable bonds is 10. The first-order chi connectivity index (χ1) is 15.0. The Morgan fingerprint density at radius 1 is 1.28 bits per heavy atom. The van der Waals surface area contributed by atoms with Crippen LogP contribution in [0.15, 0.2) is 24.5 Å². The number of aliphatic hydroxyl groups is 1. The fourth-order valence-corrected chi connectivity index (χ4v) is 2.59. The lowest BCUT2D eigenvalue weighted by Crippen LogP contribution is -2.42. The first-order valence-electron chi connectivity index (χ1n) is 10.2. The van der Waals surface area contributed by atoms with Crippen LogP contribution in [0.25, 0.3) is 0 Å². The maximum Gasteiger partial charge on any atom is 0.255 e. The molecule has 1 amide bonds. The molecular weight excluding hydrogens is 418 g/mol.